The van der Waals surface area contributed by atoms with Gasteiger partial charge in [-0.15, -0.1) is 11.3 Å². The zero-order valence-corrected chi connectivity index (χ0v) is 10.1. The third-order valence-corrected chi connectivity index (χ3v) is 3.40. The van der Waals surface area contributed by atoms with Gasteiger partial charge < -0.3 is 4.42 Å². The minimum absolute atomic E-state index is 0.653. The molecule has 0 aliphatic rings. The Hall–Kier alpha value is -2.38. The molecule has 0 amide bonds. The molecule has 0 unspecified atom stereocenters. The van der Waals surface area contributed by atoms with Gasteiger partial charge in [0.05, 0.1) is 23.6 Å². The van der Waals surface area contributed by atoms with Crippen molar-refractivity contribution in [1.82, 2.24) is 4.98 Å². The Balaban J connectivity index is 1.95. The van der Waals surface area contributed by atoms with Crippen LogP contribution in [0.15, 0.2) is 52.5 Å². The first-order valence-electron chi connectivity index (χ1n) is 5.37. The molecule has 0 bridgehead atoms. The van der Waals surface area contributed by atoms with Gasteiger partial charge in [-0.05, 0) is 24.3 Å². The molecule has 86 valence electrons. The summed E-state index contributed by atoms with van der Waals surface area (Å²) >= 11 is 1.54. The van der Waals surface area contributed by atoms with Crippen molar-refractivity contribution in [2.75, 3.05) is 0 Å². The number of furan rings is 1. The van der Waals surface area contributed by atoms with Gasteiger partial charge in [0.25, 0.3) is 0 Å². The van der Waals surface area contributed by atoms with Crippen molar-refractivity contribution in [3.8, 4) is 28.1 Å². The maximum absolute atomic E-state index is 8.75. The molecule has 0 saturated heterocycles. The maximum Gasteiger partial charge on any atom is 0.162 e. The van der Waals surface area contributed by atoms with E-state index in [2.05, 4.69) is 11.1 Å². The lowest BCUT2D eigenvalue weighted by Gasteiger charge is -1.95. The fourth-order valence-corrected chi connectivity index (χ4v) is 2.43. The second-order valence-corrected chi connectivity index (χ2v) is 4.56. The molecule has 3 rings (SSSR count). The van der Waals surface area contributed by atoms with E-state index in [-0.39, 0.29) is 0 Å². The minimum Gasteiger partial charge on any atom is -0.462 e. The molecule has 0 fully saturated rings. The normalized spacial score (nSPS) is 10.2. The Labute approximate surface area is 108 Å². The van der Waals surface area contributed by atoms with Crippen molar-refractivity contribution in [1.29, 1.82) is 5.26 Å². The van der Waals surface area contributed by atoms with Crippen molar-refractivity contribution >= 4 is 11.3 Å². The van der Waals surface area contributed by atoms with Crippen molar-refractivity contribution < 1.29 is 4.42 Å². The molecule has 0 aliphatic heterocycles. The van der Waals surface area contributed by atoms with E-state index in [1.165, 1.54) is 0 Å². The molecule has 18 heavy (non-hydrogen) atoms. The summed E-state index contributed by atoms with van der Waals surface area (Å²) in [5.74, 6) is 0.778. The summed E-state index contributed by atoms with van der Waals surface area (Å²) in [7, 11) is 0. The first-order valence-corrected chi connectivity index (χ1v) is 6.25. The molecule has 3 nitrogen and oxygen atoms in total. The maximum atomic E-state index is 8.75. The number of thiazole rings is 1. The minimum atomic E-state index is 0.653. The van der Waals surface area contributed by atoms with E-state index in [0.29, 0.717) is 5.56 Å². The zero-order chi connectivity index (χ0) is 12.4. The van der Waals surface area contributed by atoms with Gasteiger partial charge in [0.15, 0.2) is 10.8 Å². The van der Waals surface area contributed by atoms with Gasteiger partial charge >= 0.3 is 0 Å². The predicted octanol–water partition coefficient (Wildman–Crippen LogP) is 3.94. The second-order valence-electron chi connectivity index (χ2n) is 3.70. The van der Waals surface area contributed by atoms with Gasteiger partial charge in [0.1, 0.15) is 0 Å². The average molecular weight is 252 g/mol. The van der Waals surface area contributed by atoms with E-state index >= 15 is 0 Å². The van der Waals surface area contributed by atoms with Crippen LogP contribution in [-0.2, 0) is 0 Å². The number of nitriles is 1. The van der Waals surface area contributed by atoms with E-state index in [9.17, 15) is 0 Å². The highest BCUT2D eigenvalue weighted by atomic mass is 32.1. The summed E-state index contributed by atoms with van der Waals surface area (Å²) < 4.78 is 5.31. The quantitative estimate of drug-likeness (QED) is 0.694. The fourth-order valence-electron chi connectivity index (χ4n) is 1.64. The van der Waals surface area contributed by atoms with E-state index in [1.807, 2.05) is 29.6 Å². The molecular formula is C14H8N2OS. The number of aromatic nitrogens is 1. The lowest BCUT2D eigenvalue weighted by molar-refractivity contribution is 0.582. The van der Waals surface area contributed by atoms with Crippen LogP contribution in [0.3, 0.4) is 0 Å². The third kappa shape index (κ3) is 1.92. The highest BCUT2D eigenvalue weighted by Gasteiger charge is 2.08. The summed E-state index contributed by atoms with van der Waals surface area (Å²) in [5, 5.41) is 11.6. The SMILES string of the molecule is N#Cc1ccc(-c2csc(-c3ccco3)n2)cc1. The first-order chi connectivity index (χ1) is 8.86. The largest absolute Gasteiger partial charge is 0.462 e. The molecule has 4 heteroatoms. The lowest BCUT2D eigenvalue weighted by atomic mass is 10.1. The molecule has 0 atom stereocenters. The topological polar surface area (TPSA) is 49.8 Å². The van der Waals surface area contributed by atoms with E-state index < -0.39 is 0 Å². The van der Waals surface area contributed by atoms with E-state index in [4.69, 9.17) is 9.68 Å². The van der Waals surface area contributed by atoms with Crippen molar-refractivity contribution in [3.05, 3.63) is 53.6 Å². The summed E-state index contributed by atoms with van der Waals surface area (Å²) in [4.78, 5) is 4.52. The van der Waals surface area contributed by atoms with Crippen LogP contribution in [-0.4, -0.2) is 4.98 Å². The highest BCUT2D eigenvalue weighted by molar-refractivity contribution is 7.13. The Bertz CT molecular complexity index is 690. The molecule has 0 spiro atoms. The molecule has 3 aromatic rings. The number of rotatable bonds is 2. The number of benzene rings is 1. The van der Waals surface area contributed by atoms with Gasteiger partial charge in [0.2, 0.25) is 0 Å². The van der Waals surface area contributed by atoms with Crippen LogP contribution in [0.5, 0.6) is 0 Å². The standard InChI is InChI=1S/C14H8N2OS/c15-8-10-3-5-11(6-4-10)12-9-18-14(16-12)13-2-1-7-17-13/h1-7,9H. The summed E-state index contributed by atoms with van der Waals surface area (Å²) in [6, 6.07) is 13.2. The van der Waals surface area contributed by atoms with Crippen LogP contribution in [0.1, 0.15) is 5.56 Å². The first kappa shape index (κ1) is 10.8. The van der Waals surface area contributed by atoms with Gasteiger partial charge in [-0.3, -0.25) is 0 Å². The van der Waals surface area contributed by atoms with Crippen LogP contribution in [0, 0.1) is 11.3 Å². The number of hydrogen-bond acceptors (Lipinski definition) is 4. The predicted molar refractivity (Wildman–Crippen MR) is 70.0 cm³/mol. The highest BCUT2D eigenvalue weighted by Crippen LogP contribution is 2.29. The summed E-state index contributed by atoms with van der Waals surface area (Å²) in [6.45, 7) is 0. The number of nitrogens with zero attached hydrogens (tertiary/aromatic N) is 2. The van der Waals surface area contributed by atoms with Gasteiger partial charge in [-0.25, -0.2) is 4.98 Å². The monoisotopic (exact) mass is 252 g/mol. The van der Waals surface area contributed by atoms with E-state index in [0.717, 1.165) is 22.0 Å². The molecule has 0 N–H and O–H groups in total. The molecule has 1 aromatic carbocycles. The Kier molecular flexibility index (Phi) is 2.67. The zero-order valence-electron chi connectivity index (χ0n) is 9.33. The van der Waals surface area contributed by atoms with E-state index in [1.54, 1.807) is 29.7 Å². The van der Waals surface area contributed by atoms with Gasteiger partial charge in [-0.2, -0.15) is 5.26 Å². The summed E-state index contributed by atoms with van der Waals surface area (Å²) in [6.07, 6.45) is 1.64. The summed E-state index contributed by atoms with van der Waals surface area (Å²) in [5.41, 5.74) is 2.55. The fraction of sp³-hybridized carbons (Fsp3) is 0. The molecule has 2 heterocycles. The number of hydrogen-bond donors (Lipinski definition) is 0. The van der Waals surface area contributed by atoms with Crippen LogP contribution in [0.4, 0.5) is 0 Å². The Morgan fingerprint density at radius 3 is 2.67 bits per heavy atom. The molecule has 0 aliphatic carbocycles. The van der Waals surface area contributed by atoms with Crippen LogP contribution in [0.25, 0.3) is 22.0 Å². The molecule has 0 radical (unpaired) electrons. The van der Waals surface area contributed by atoms with Gasteiger partial charge in [-0.1, -0.05) is 12.1 Å². The van der Waals surface area contributed by atoms with Crippen LogP contribution in [0.2, 0.25) is 0 Å². The average Bonchev–Trinajstić information content (AvgIpc) is 3.09. The molecule has 0 saturated carbocycles. The third-order valence-electron chi connectivity index (χ3n) is 2.55. The molecule has 2 aromatic heterocycles. The van der Waals surface area contributed by atoms with Gasteiger partial charge in [0, 0.05) is 10.9 Å². The smallest absolute Gasteiger partial charge is 0.162 e. The molecular weight excluding hydrogens is 244 g/mol. The van der Waals surface area contributed by atoms with Crippen LogP contribution < -0.4 is 0 Å². The Morgan fingerprint density at radius 1 is 1.17 bits per heavy atom. The van der Waals surface area contributed by atoms with Crippen molar-refractivity contribution in [3.63, 3.8) is 0 Å². The Morgan fingerprint density at radius 2 is 2.00 bits per heavy atom. The van der Waals surface area contributed by atoms with Crippen molar-refractivity contribution in [2.45, 2.75) is 0 Å². The van der Waals surface area contributed by atoms with Crippen molar-refractivity contribution in [2.24, 2.45) is 0 Å². The lowest BCUT2D eigenvalue weighted by Crippen LogP contribution is -1.79. The van der Waals surface area contributed by atoms with Crippen LogP contribution >= 0.6 is 11.3 Å². The second kappa shape index (κ2) is 4.47.